The van der Waals surface area contributed by atoms with E-state index < -0.39 is 5.97 Å². The van der Waals surface area contributed by atoms with Crippen molar-refractivity contribution in [1.82, 2.24) is 10.2 Å². The highest BCUT2D eigenvalue weighted by atomic mass is 16.5. The zero-order valence-electron chi connectivity index (χ0n) is 11.8. The van der Waals surface area contributed by atoms with Crippen molar-refractivity contribution >= 4 is 12.0 Å². The number of hydrogen-bond donors (Lipinski definition) is 2. The van der Waals surface area contributed by atoms with Gasteiger partial charge >= 0.3 is 12.0 Å². The Hall–Kier alpha value is -1.30. The van der Waals surface area contributed by atoms with Gasteiger partial charge in [-0.15, -0.1) is 0 Å². The molecule has 1 saturated carbocycles. The van der Waals surface area contributed by atoms with Gasteiger partial charge in [0.1, 0.15) is 0 Å². The summed E-state index contributed by atoms with van der Waals surface area (Å²) < 4.78 is 5.19. The molecule has 6 nitrogen and oxygen atoms in total. The monoisotopic (exact) mass is 272 g/mol. The van der Waals surface area contributed by atoms with Crippen molar-refractivity contribution in [3.63, 3.8) is 0 Å². The average Bonchev–Trinajstić information content (AvgIpc) is 2.31. The first kappa shape index (κ1) is 15.8. The van der Waals surface area contributed by atoms with Crippen molar-refractivity contribution < 1.29 is 19.4 Å². The molecule has 0 aromatic carbocycles. The minimum absolute atomic E-state index is 0.135. The van der Waals surface area contributed by atoms with Crippen LogP contribution in [0.3, 0.4) is 0 Å². The summed E-state index contributed by atoms with van der Waals surface area (Å²) >= 11 is 0. The predicted octanol–water partition coefficient (Wildman–Crippen LogP) is 1.31. The number of hydrogen-bond acceptors (Lipinski definition) is 3. The van der Waals surface area contributed by atoms with E-state index in [9.17, 15) is 9.59 Å². The number of amides is 2. The Kier molecular flexibility index (Phi) is 6.08. The summed E-state index contributed by atoms with van der Waals surface area (Å²) in [5.74, 6) is -0.793. The van der Waals surface area contributed by atoms with E-state index in [4.69, 9.17) is 9.84 Å². The van der Waals surface area contributed by atoms with Crippen molar-refractivity contribution in [3.05, 3.63) is 0 Å². The molecular formula is C13H24N2O4. The maximum Gasteiger partial charge on any atom is 0.317 e. The summed E-state index contributed by atoms with van der Waals surface area (Å²) in [5.41, 5.74) is -0.234. The molecule has 0 spiro atoms. The minimum atomic E-state index is -0.793. The molecular weight excluding hydrogens is 248 g/mol. The van der Waals surface area contributed by atoms with E-state index in [1.807, 2.05) is 6.92 Å². The Morgan fingerprint density at radius 1 is 1.42 bits per heavy atom. The van der Waals surface area contributed by atoms with Gasteiger partial charge in [0.05, 0.1) is 13.0 Å². The van der Waals surface area contributed by atoms with Crippen molar-refractivity contribution in [3.8, 4) is 0 Å². The lowest BCUT2D eigenvalue weighted by atomic mass is 9.66. The third kappa shape index (κ3) is 5.06. The van der Waals surface area contributed by atoms with Gasteiger partial charge in [-0.3, -0.25) is 4.79 Å². The van der Waals surface area contributed by atoms with Gasteiger partial charge in [0, 0.05) is 26.7 Å². The van der Waals surface area contributed by atoms with Crippen molar-refractivity contribution in [2.24, 2.45) is 5.41 Å². The molecule has 1 aliphatic rings. The molecule has 0 aromatic heterocycles. The van der Waals surface area contributed by atoms with Gasteiger partial charge in [0.15, 0.2) is 0 Å². The SMILES string of the molecule is CCOCCN(C)C(=O)NCC1(CC(=O)O)CCC1. The van der Waals surface area contributed by atoms with Gasteiger partial charge in [0.2, 0.25) is 0 Å². The van der Waals surface area contributed by atoms with Crippen LogP contribution in [0.1, 0.15) is 32.6 Å². The summed E-state index contributed by atoms with van der Waals surface area (Å²) in [7, 11) is 1.71. The van der Waals surface area contributed by atoms with Crippen LogP contribution in [0.15, 0.2) is 0 Å². The highest BCUT2D eigenvalue weighted by molar-refractivity contribution is 5.74. The van der Waals surface area contributed by atoms with Crippen LogP contribution in [0.4, 0.5) is 4.79 Å². The Morgan fingerprint density at radius 3 is 2.58 bits per heavy atom. The van der Waals surface area contributed by atoms with Gasteiger partial charge in [-0.1, -0.05) is 6.42 Å². The van der Waals surface area contributed by atoms with Crippen molar-refractivity contribution in [2.75, 3.05) is 33.4 Å². The Morgan fingerprint density at radius 2 is 2.11 bits per heavy atom. The molecule has 110 valence electrons. The first-order valence-electron chi connectivity index (χ1n) is 6.77. The number of carbonyl (C=O) groups is 2. The molecule has 0 unspecified atom stereocenters. The smallest absolute Gasteiger partial charge is 0.317 e. The number of carbonyl (C=O) groups excluding carboxylic acids is 1. The van der Waals surface area contributed by atoms with Crippen LogP contribution >= 0.6 is 0 Å². The normalized spacial score (nSPS) is 16.5. The molecule has 1 aliphatic carbocycles. The maximum atomic E-state index is 11.8. The minimum Gasteiger partial charge on any atom is -0.481 e. The van der Waals surface area contributed by atoms with Crippen LogP contribution < -0.4 is 5.32 Å². The molecule has 6 heteroatoms. The standard InChI is InChI=1S/C13H24N2O4/c1-3-19-8-7-15(2)12(18)14-10-13(5-4-6-13)9-11(16)17/h3-10H2,1-2H3,(H,14,18)(H,16,17). The fourth-order valence-electron chi connectivity index (χ4n) is 2.26. The Balaban J connectivity index is 2.30. The number of carboxylic acids is 1. The summed E-state index contributed by atoms with van der Waals surface area (Å²) in [6.07, 6.45) is 2.93. The number of urea groups is 1. The summed E-state index contributed by atoms with van der Waals surface area (Å²) in [5, 5.41) is 11.7. The fraction of sp³-hybridized carbons (Fsp3) is 0.846. The van der Waals surface area contributed by atoms with Crippen molar-refractivity contribution in [2.45, 2.75) is 32.6 Å². The van der Waals surface area contributed by atoms with Crippen LogP contribution in [0, 0.1) is 5.41 Å². The zero-order valence-corrected chi connectivity index (χ0v) is 11.8. The molecule has 0 aromatic rings. The van der Waals surface area contributed by atoms with Gasteiger partial charge in [-0.05, 0) is 25.2 Å². The van der Waals surface area contributed by atoms with E-state index >= 15 is 0 Å². The first-order chi connectivity index (χ1) is 8.99. The molecule has 0 atom stereocenters. The van der Waals surface area contributed by atoms with E-state index in [0.29, 0.717) is 26.3 Å². The van der Waals surface area contributed by atoms with Gasteiger partial charge < -0.3 is 20.1 Å². The molecule has 0 aliphatic heterocycles. The third-order valence-electron chi connectivity index (χ3n) is 3.68. The van der Waals surface area contributed by atoms with Crippen molar-refractivity contribution in [1.29, 1.82) is 0 Å². The quantitative estimate of drug-likeness (QED) is 0.653. The molecule has 0 bridgehead atoms. The number of nitrogens with one attached hydrogen (secondary N) is 1. The van der Waals surface area contributed by atoms with Crippen LogP contribution in [0.2, 0.25) is 0 Å². The largest absolute Gasteiger partial charge is 0.481 e. The molecule has 1 rings (SSSR count). The molecule has 0 saturated heterocycles. The van der Waals surface area contributed by atoms with Crippen LogP contribution in [-0.4, -0.2) is 55.4 Å². The second kappa shape index (κ2) is 7.33. The first-order valence-corrected chi connectivity index (χ1v) is 6.77. The number of ether oxygens (including phenoxy) is 1. The number of likely N-dealkylation sites (N-methyl/N-ethyl adjacent to an activating group) is 1. The van der Waals surface area contributed by atoms with E-state index in [1.165, 1.54) is 0 Å². The predicted molar refractivity (Wildman–Crippen MR) is 71.1 cm³/mol. The molecule has 0 radical (unpaired) electrons. The van der Waals surface area contributed by atoms with E-state index in [2.05, 4.69) is 5.32 Å². The lowest BCUT2D eigenvalue weighted by Crippen LogP contribution is -2.47. The highest BCUT2D eigenvalue weighted by Crippen LogP contribution is 2.43. The van der Waals surface area contributed by atoms with E-state index in [-0.39, 0.29) is 17.9 Å². The second-order valence-electron chi connectivity index (χ2n) is 5.20. The Bertz CT molecular complexity index is 316. The lowest BCUT2D eigenvalue weighted by molar-refractivity contribution is -0.141. The summed E-state index contributed by atoms with van der Waals surface area (Å²) in [4.78, 5) is 24.2. The fourth-order valence-corrected chi connectivity index (χ4v) is 2.26. The van der Waals surface area contributed by atoms with Crippen LogP contribution in [0.5, 0.6) is 0 Å². The van der Waals surface area contributed by atoms with Gasteiger partial charge in [0.25, 0.3) is 0 Å². The summed E-state index contributed by atoms with van der Waals surface area (Å²) in [6.45, 7) is 4.03. The maximum absolute atomic E-state index is 11.8. The molecule has 19 heavy (non-hydrogen) atoms. The van der Waals surface area contributed by atoms with Crippen LogP contribution in [-0.2, 0) is 9.53 Å². The molecule has 1 fully saturated rings. The number of nitrogens with zero attached hydrogens (tertiary/aromatic N) is 1. The molecule has 0 heterocycles. The van der Waals surface area contributed by atoms with E-state index in [0.717, 1.165) is 19.3 Å². The molecule has 2 amide bonds. The van der Waals surface area contributed by atoms with Gasteiger partial charge in [-0.25, -0.2) is 4.79 Å². The third-order valence-corrected chi connectivity index (χ3v) is 3.68. The zero-order chi connectivity index (χ0) is 14.3. The molecule has 2 N–H and O–H groups in total. The average molecular weight is 272 g/mol. The number of carboxylic acid groups (broad SMARTS) is 1. The van der Waals surface area contributed by atoms with Crippen LogP contribution in [0.25, 0.3) is 0 Å². The summed E-state index contributed by atoms with van der Waals surface area (Å²) in [6, 6.07) is -0.170. The lowest BCUT2D eigenvalue weighted by Gasteiger charge is -2.41. The number of rotatable bonds is 8. The van der Waals surface area contributed by atoms with E-state index in [1.54, 1.807) is 11.9 Å². The highest BCUT2D eigenvalue weighted by Gasteiger charge is 2.39. The Labute approximate surface area is 114 Å². The van der Waals surface area contributed by atoms with Gasteiger partial charge in [-0.2, -0.15) is 0 Å². The second-order valence-corrected chi connectivity index (χ2v) is 5.20. The topological polar surface area (TPSA) is 78.9 Å². The number of aliphatic carboxylic acids is 1.